The summed E-state index contributed by atoms with van der Waals surface area (Å²) in [5.41, 5.74) is 4.42. The molecule has 4 heteroatoms. The van der Waals surface area contributed by atoms with E-state index in [1.165, 1.54) is 5.56 Å². The summed E-state index contributed by atoms with van der Waals surface area (Å²) >= 11 is 0. The summed E-state index contributed by atoms with van der Waals surface area (Å²) in [6.07, 6.45) is 1.11. The molecule has 0 atom stereocenters. The van der Waals surface area contributed by atoms with Gasteiger partial charge in [-0.15, -0.1) is 0 Å². The van der Waals surface area contributed by atoms with Gasteiger partial charge >= 0.3 is 0 Å². The van der Waals surface area contributed by atoms with Crippen molar-refractivity contribution in [2.24, 2.45) is 0 Å². The van der Waals surface area contributed by atoms with Gasteiger partial charge in [0.1, 0.15) is 5.75 Å². The lowest BCUT2D eigenvalue weighted by Crippen LogP contribution is -2.23. The van der Waals surface area contributed by atoms with Gasteiger partial charge in [-0.25, -0.2) is 0 Å². The molecule has 156 valence electrons. The summed E-state index contributed by atoms with van der Waals surface area (Å²) in [4.78, 5) is 12.2. The quantitative estimate of drug-likeness (QED) is 0.487. The Morgan fingerprint density at radius 2 is 1.43 bits per heavy atom. The van der Waals surface area contributed by atoms with Gasteiger partial charge in [-0.05, 0) is 41.7 Å². The van der Waals surface area contributed by atoms with Crippen LogP contribution in [0.2, 0.25) is 0 Å². The van der Waals surface area contributed by atoms with Crippen molar-refractivity contribution in [3.8, 4) is 5.75 Å². The molecule has 0 aliphatic heterocycles. The lowest BCUT2D eigenvalue weighted by molar-refractivity contribution is -0.121. The molecule has 0 saturated carbocycles. The highest BCUT2D eigenvalue weighted by Gasteiger charge is 2.07. The smallest absolute Gasteiger partial charge is 0.220 e. The van der Waals surface area contributed by atoms with Crippen molar-refractivity contribution in [3.63, 3.8) is 0 Å². The molecular formula is C26H29NO3. The van der Waals surface area contributed by atoms with Gasteiger partial charge in [0.2, 0.25) is 5.91 Å². The number of para-hydroxylation sites is 1. The zero-order valence-electron chi connectivity index (χ0n) is 17.5. The van der Waals surface area contributed by atoms with E-state index in [-0.39, 0.29) is 5.91 Å². The second-order valence-corrected chi connectivity index (χ2v) is 7.11. The molecule has 1 N–H and O–H groups in total. The number of ether oxygens (including phenoxy) is 2. The predicted molar refractivity (Wildman–Crippen MR) is 119 cm³/mol. The molecule has 0 radical (unpaired) electrons. The van der Waals surface area contributed by atoms with Crippen molar-refractivity contribution in [3.05, 3.63) is 101 Å². The molecule has 3 aromatic rings. The number of benzene rings is 3. The minimum Gasteiger partial charge on any atom is -0.494 e. The number of carbonyl (C=O) groups excluding carboxylic acids is 1. The first kappa shape index (κ1) is 21.6. The molecule has 0 heterocycles. The van der Waals surface area contributed by atoms with Crippen molar-refractivity contribution in [1.82, 2.24) is 5.32 Å². The topological polar surface area (TPSA) is 47.6 Å². The third-order valence-corrected chi connectivity index (χ3v) is 4.79. The summed E-state index contributed by atoms with van der Waals surface area (Å²) < 4.78 is 11.4. The molecule has 0 aliphatic rings. The van der Waals surface area contributed by atoms with E-state index in [0.717, 1.165) is 22.4 Å². The summed E-state index contributed by atoms with van der Waals surface area (Å²) in [5, 5.41) is 2.99. The SMILES string of the molecule is CCOc1ccccc1CCC(=O)NCc1ccc(COCc2ccccc2)cc1. The Balaban J connectivity index is 1.38. The molecule has 1 amide bonds. The average molecular weight is 404 g/mol. The fourth-order valence-electron chi connectivity index (χ4n) is 3.16. The third-order valence-electron chi connectivity index (χ3n) is 4.79. The predicted octanol–water partition coefficient (Wildman–Crippen LogP) is 5.05. The second kappa shape index (κ2) is 11.8. The minimum absolute atomic E-state index is 0.0385. The maximum Gasteiger partial charge on any atom is 0.220 e. The van der Waals surface area contributed by atoms with E-state index in [1.807, 2.05) is 73.7 Å². The fraction of sp³-hybridized carbons (Fsp3) is 0.269. The second-order valence-electron chi connectivity index (χ2n) is 7.11. The number of aryl methyl sites for hydroxylation is 1. The van der Waals surface area contributed by atoms with Gasteiger partial charge in [0.15, 0.2) is 0 Å². The average Bonchev–Trinajstić information content (AvgIpc) is 2.79. The normalized spacial score (nSPS) is 10.6. The maximum absolute atomic E-state index is 12.2. The van der Waals surface area contributed by atoms with Crippen LogP contribution in [0.1, 0.15) is 35.6 Å². The molecule has 0 unspecified atom stereocenters. The molecule has 0 spiro atoms. The van der Waals surface area contributed by atoms with Crippen LogP contribution in [-0.4, -0.2) is 12.5 Å². The number of nitrogens with one attached hydrogen (secondary N) is 1. The Bertz CT molecular complexity index is 907. The Hall–Kier alpha value is -3.11. The first-order valence-corrected chi connectivity index (χ1v) is 10.4. The summed E-state index contributed by atoms with van der Waals surface area (Å²) in [7, 11) is 0. The highest BCUT2D eigenvalue weighted by Crippen LogP contribution is 2.19. The Morgan fingerprint density at radius 3 is 2.17 bits per heavy atom. The van der Waals surface area contributed by atoms with Crippen LogP contribution in [0, 0.1) is 0 Å². The van der Waals surface area contributed by atoms with Crippen LogP contribution in [0.25, 0.3) is 0 Å². The van der Waals surface area contributed by atoms with Crippen LogP contribution in [0.3, 0.4) is 0 Å². The molecule has 4 nitrogen and oxygen atoms in total. The highest BCUT2D eigenvalue weighted by atomic mass is 16.5. The van der Waals surface area contributed by atoms with Gasteiger partial charge in [0, 0.05) is 13.0 Å². The van der Waals surface area contributed by atoms with Gasteiger partial charge in [0.05, 0.1) is 19.8 Å². The third kappa shape index (κ3) is 7.05. The molecule has 30 heavy (non-hydrogen) atoms. The lowest BCUT2D eigenvalue weighted by atomic mass is 10.1. The fourth-order valence-corrected chi connectivity index (χ4v) is 3.16. The van der Waals surface area contributed by atoms with Crippen LogP contribution in [0.4, 0.5) is 0 Å². The number of hydrogen-bond donors (Lipinski definition) is 1. The summed E-state index contributed by atoms with van der Waals surface area (Å²) in [6, 6.07) is 26.2. The highest BCUT2D eigenvalue weighted by molar-refractivity contribution is 5.76. The van der Waals surface area contributed by atoms with Crippen LogP contribution < -0.4 is 10.1 Å². The number of hydrogen-bond acceptors (Lipinski definition) is 3. The van der Waals surface area contributed by atoms with Crippen LogP contribution in [-0.2, 0) is 35.7 Å². The minimum atomic E-state index is 0.0385. The van der Waals surface area contributed by atoms with Gasteiger partial charge in [-0.2, -0.15) is 0 Å². The van der Waals surface area contributed by atoms with E-state index >= 15 is 0 Å². The molecule has 3 rings (SSSR count). The zero-order chi connectivity index (χ0) is 21.0. The first-order valence-electron chi connectivity index (χ1n) is 10.4. The van der Waals surface area contributed by atoms with Crippen molar-refractivity contribution in [1.29, 1.82) is 0 Å². The van der Waals surface area contributed by atoms with E-state index < -0.39 is 0 Å². The van der Waals surface area contributed by atoms with Crippen molar-refractivity contribution >= 4 is 5.91 Å². The van der Waals surface area contributed by atoms with Crippen LogP contribution >= 0.6 is 0 Å². The standard InChI is InChI=1S/C26H29NO3/c1-2-30-25-11-7-6-10-24(25)16-17-26(28)27-18-21-12-14-23(15-13-21)20-29-19-22-8-4-3-5-9-22/h3-15H,2,16-20H2,1H3,(H,27,28). The number of amides is 1. The van der Waals surface area contributed by atoms with E-state index in [0.29, 0.717) is 39.2 Å². The summed E-state index contributed by atoms with van der Waals surface area (Å²) in [6.45, 7) is 4.28. The zero-order valence-corrected chi connectivity index (χ0v) is 17.5. The van der Waals surface area contributed by atoms with Crippen molar-refractivity contribution in [2.45, 2.75) is 39.5 Å². The Morgan fingerprint density at radius 1 is 0.800 bits per heavy atom. The Labute approximate surface area is 178 Å². The molecule has 0 saturated heterocycles. The number of rotatable bonds is 11. The molecule has 0 aromatic heterocycles. The van der Waals surface area contributed by atoms with Gasteiger partial charge in [0.25, 0.3) is 0 Å². The summed E-state index contributed by atoms with van der Waals surface area (Å²) in [5.74, 6) is 0.898. The molecule has 0 fully saturated rings. The van der Waals surface area contributed by atoms with Crippen molar-refractivity contribution in [2.75, 3.05) is 6.61 Å². The van der Waals surface area contributed by atoms with Crippen LogP contribution in [0.15, 0.2) is 78.9 Å². The monoisotopic (exact) mass is 403 g/mol. The van der Waals surface area contributed by atoms with Crippen LogP contribution in [0.5, 0.6) is 5.75 Å². The molecule has 0 bridgehead atoms. The first-order chi connectivity index (χ1) is 14.7. The van der Waals surface area contributed by atoms with Gasteiger partial charge in [-0.1, -0.05) is 72.8 Å². The van der Waals surface area contributed by atoms with E-state index in [2.05, 4.69) is 17.4 Å². The van der Waals surface area contributed by atoms with Gasteiger partial charge in [-0.3, -0.25) is 4.79 Å². The molecule has 3 aromatic carbocycles. The Kier molecular flexibility index (Phi) is 8.48. The van der Waals surface area contributed by atoms with E-state index in [1.54, 1.807) is 0 Å². The van der Waals surface area contributed by atoms with Crippen molar-refractivity contribution < 1.29 is 14.3 Å². The largest absolute Gasteiger partial charge is 0.494 e. The molecular weight excluding hydrogens is 374 g/mol. The van der Waals surface area contributed by atoms with E-state index in [9.17, 15) is 4.79 Å². The lowest BCUT2D eigenvalue weighted by Gasteiger charge is -2.10. The maximum atomic E-state index is 12.2. The van der Waals surface area contributed by atoms with Gasteiger partial charge < -0.3 is 14.8 Å². The van der Waals surface area contributed by atoms with E-state index in [4.69, 9.17) is 9.47 Å². The molecule has 0 aliphatic carbocycles. The number of carbonyl (C=O) groups is 1.